The second-order valence-electron chi connectivity index (χ2n) is 6.91. The van der Waals surface area contributed by atoms with E-state index in [9.17, 15) is 19.7 Å². The standard InChI is InChI=1S/C21H24N4O5/c1-3-23-9-11-24(12-10-23)19-8-7-16(21(27)30-2)14-18(19)22-20(26)15-5-4-6-17(13-15)25(28)29/h4-8,13-14H,3,9-12H2,1-2H3,(H,22,26). The minimum Gasteiger partial charge on any atom is -0.465 e. The minimum absolute atomic E-state index is 0.162. The van der Waals surface area contributed by atoms with Crippen molar-refractivity contribution in [1.29, 1.82) is 0 Å². The fraction of sp³-hybridized carbons (Fsp3) is 0.333. The number of nitro groups is 1. The average molecular weight is 412 g/mol. The van der Waals surface area contributed by atoms with E-state index in [4.69, 9.17) is 4.74 Å². The molecule has 0 radical (unpaired) electrons. The van der Waals surface area contributed by atoms with Gasteiger partial charge in [0.25, 0.3) is 11.6 Å². The quantitative estimate of drug-likeness (QED) is 0.442. The van der Waals surface area contributed by atoms with Gasteiger partial charge in [0.15, 0.2) is 0 Å². The maximum Gasteiger partial charge on any atom is 0.337 e. The third-order valence-corrected chi connectivity index (χ3v) is 5.15. The Morgan fingerprint density at radius 2 is 1.83 bits per heavy atom. The lowest BCUT2D eigenvalue weighted by molar-refractivity contribution is -0.384. The minimum atomic E-state index is -0.548. The van der Waals surface area contributed by atoms with E-state index < -0.39 is 16.8 Å². The van der Waals surface area contributed by atoms with E-state index in [1.165, 1.54) is 31.4 Å². The highest BCUT2D eigenvalue weighted by molar-refractivity contribution is 6.07. The number of likely N-dealkylation sites (N-methyl/N-ethyl adjacent to an activating group) is 1. The predicted molar refractivity (Wildman–Crippen MR) is 113 cm³/mol. The van der Waals surface area contributed by atoms with E-state index in [1.54, 1.807) is 18.2 Å². The van der Waals surface area contributed by atoms with Crippen LogP contribution in [0.3, 0.4) is 0 Å². The van der Waals surface area contributed by atoms with Crippen LogP contribution in [0.25, 0.3) is 0 Å². The molecule has 0 bridgehead atoms. The summed E-state index contributed by atoms with van der Waals surface area (Å²) in [6, 6.07) is 10.5. The van der Waals surface area contributed by atoms with Gasteiger partial charge in [0.05, 0.1) is 29.0 Å². The number of esters is 1. The molecule has 0 aliphatic carbocycles. The van der Waals surface area contributed by atoms with Gasteiger partial charge in [-0.3, -0.25) is 14.9 Å². The Labute approximate surface area is 174 Å². The maximum absolute atomic E-state index is 12.8. The Hall–Kier alpha value is -3.46. The first-order valence-electron chi connectivity index (χ1n) is 9.68. The number of benzene rings is 2. The van der Waals surface area contributed by atoms with Crippen LogP contribution < -0.4 is 10.2 Å². The number of ether oxygens (including phenoxy) is 1. The van der Waals surface area contributed by atoms with Crippen LogP contribution >= 0.6 is 0 Å². The second kappa shape index (κ2) is 9.36. The lowest BCUT2D eigenvalue weighted by atomic mass is 10.1. The van der Waals surface area contributed by atoms with Crippen LogP contribution in [-0.2, 0) is 4.74 Å². The van der Waals surface area contributed by atoms with Gasteiger partial charge < -0.3 is 19.9 Å². The molecule has 3 rings (SSSR count). The van der Waals surface area contributed by atoms with Crippen molar-refractivity contribution in [2.45, 2.75) is 6.92 Å². The number of piperazine rings is 1. The molecule has 1 heterocycles. The molecular weight excluding hydrogens is 388 g/mol. The summed E-state index contributed by atoms with van der Waals surface area (Å²) in [7, 11) is 1.29. The number of rotatable bonds is 6. The zero-order valence-electron chi connectivity index (χ0n) is 17.0. The molecule has 2 aromatic rings. The molecule has 0 aromatic heterocycles. The van der Waals surface area contributed by atoms with E-state index >= 15 is 0 Å². The number of methoxy groups -OCH3 is 1. The molecule has 0 spiro atoms. The van der Waals surface area contributed by atoms with Gasteiger partial charge >= 0.3 is 5.97 Å². The molecule has 158 valence electrons. The Morgan fingerprint density at radius 1 is 1.10 bits per heavy atom. The number of nitrogens with zero attached hydrogens (tertiary/aromatic N) is 3. The molecule has 1 fully saturated rings. The van der Waals surface area contributed by atoms with Gasteiger partial charge in [-0.05, 0) is 30.8 Å². The maximum atomic E-state index is 12.8. The summed E-state index contributed by atoms with van der Waals surface area (Å²) in [4.78, 5) is 39.7. The Balaban J connectivity index is 1.90. The van der Waals surface area contributed by atoms with Crippen molar-refractivity contribution in [1.82, 2.24) is 4.90 Å². The first-order chi connectivity index (χ1) is 14.4. The summed E-state index contributed by atoms with van der Waals surface area (Å²) in [5.41, 5.74) is 1.55. The van der Waals surface area contributed by atoms with Crippen LogP contribution in [0.2, 0.25) is 0 Å². The highest BCUT2D eigenvalue weighted by Crippen LogP contribution is 2.29. The van der Waals surface area contributed by atoms with Gasteiger partial charge in [-0.15, -0.1) is 0 Å². The molecule has 9 heteroatoms. The Morgan fingerprint density at radius 3 is 2.47 bits per heavy atom. The molecule has 1 aliphatic rings. The Kier molecular flexibility index (Phi) is 6.63. The summed E-state index contributed by atoms with van der Waals surface area (Å²) in [6.07, 6.45) is 0. The first kappa shape index (κ1) is 21.3. The fourth-order valence-electron chi connectivity index (χ4n) is 3.42. The predicted octanol–water partition coefficient (Wildman–Crippen LogP) is 2.78. The normalized spacial score (nSPS) is 14.3. The molecule has 9 nitrogen and oxygen atoms in total. The van der Waals surface area contributed by atoms with Crippen molar-refractivity contribution >= 4 is 28.9 Å². The number of amides is 1. The van der Waals surface area contributed by atoms with Gasteiger partial charge in [-0.25, -0.2) is 4.79 Å². The smallest absolute Gasteiger partial charge is 0.337 e. The van der Waals surface area contributed by atoms with E-state index in [-0.39, 0.29) is 11.3 Å². The molecular formula is C21H24N4O5. The summed E-state index contributed by atoms with van der Waals surface area (Å²) < 4.78 is 4.79. The van der Waals surface area contributed by atoms with Gasteiger partial charge in [-0.2, -0.15) is 0 Å². The van der Waals surface area contributed by atoms with E-state index in [1.807, 2.05) is 0 Å². The van der Waals surface area contributed by atoms with Crippen LogP contribution in [0.1, 0.15) is 27.6 Å². The molecule has 0 atom stereocenters. The molecule has 2 aromatic carbocycles. The molecule has 0 saturated carbocycles. The topological polar surface area (TPSA) is 105 Å². The Bertz CT molecular complexity index is 954. The summed E-state index contributed by atoms with van der Waals surface area (Å²) >= 11 is 0. The van der Waals surface area contributed by atoms with E-state index in [0.717, 1.165) is 38.4 Å². The lowest BCUT2D eigenvalue weighted by Crippen LogP contribution is -2.46. The van der Waals surface area contributed by atoms with Crippen LogP contribution in [0.4, 0.5) is 17.1 Å². The molecule has 30 heavy (non-hydrogen) atoms. The zero-order valence-corrected chi connectivity index (χ0v) is 17.0. The fourth-order valence-corrected chi connectivity index (χ4v) is 3.42. The molecule has 0 unspecified atom stereocenters. The van der Waals surface area contributed by atoms with E-state index in [2.05, 4.69) is 22.0 Å². The summed E-state index contributed by atoms with van der Waals surface area (Å²) in [5.74, 6) is -1.00. The number of nitrogens with one attached hydrogen (secondary N) is 1. The van der Waals surface area contributed by atoms with Crippen molar-refractivity contribution in [2.24, 2.45) is 0 Å². The van der Waals surface area contributed by atoms with Crippen molar-refractivity contribution in [3.63, 3.8) is 0 Å². The van der Waals surface area contributed by atoms with Gasteiger partial charge in [0, 0.05) is 43.9 Å². The third kappa shape index (κ3) is 4.74. The highest BCUT2D eigenvalue weighted by atomic mass is 16.6. The van der Waals surface area contributed by atoms with Gasteiger partial charge in [0.2, 0.25) is 0 Å². The van der Waals surface area contributed by atoms with Crippen molar-refractivity contribution < 1.29 is 19.2 Å². The molecule has 1 N–H and O–H groups in total. The first-order valence-corrected chi connectivity index (χ1v) is 9.68. The SMILES string of the molecule is CCN1CCN(c2ccc(C(=O)OC)cc2NC(=O)c2cccc([N+](=O)[O-])c2)CC1. The second-order valence-corrected chi connectivity index (χ2v) is 6.91. The summed E-state index contributed by atoms with van der Waals surface area (Å²) in [5, 5.41) is 13.8. The monoisotopic (exact) mass is 412 g/mol. The van der Waals surface area contributed by atoms with E-state index in [0.29, 0.717) is 11.3 Å². The van der Waals surface area contributed by atoms with Crippen molar-refractivity contribution in [2.75, 3.05) is 50.1 Å². The number of anilines is 2. The highest BCUT2D eigenvalue weighted by Gasteiger charge is 2.21. The number of non-ortho nitro benzene ring substituents is 1. The number of hydrogen-bond acceptors (Lipinski definition) is 7. The average Bonchev–Trinajstić information content (AvgIpc) is 2.78. The number of carbonyl (C=O) groups excluding carboxylic acids is 2. The number of hydrogen-bond donors (Lipinski definition) is 1. The van der Waals surface area contributed by atoms with Crippen LogP contribution in [0, 0.1) is 10.1 Å². The molecule has 1 amide bonds. The lowest BCUT2D eigenvalue weighted by Gasteiger charge is -2.36. The molecule has 1 aliphatic heterocycles. The number of nitro benzene ring substituents is 1. The molecule has 1 saturated heterocycles. The summed E-state index contributed by atoms with van der Waals surface area (Å²) in [6.45, 7) is 6.45. The van der Waals surface area contributed by atoms with Crippen LogP contribution in [0.15, 0.2) is 42.5 Å². The van der Waals surface area contributed by atoms with Gasteiger partial charge in [-0.1, -0.05) is 13.0 Å². The largest absolute Gasteiger partial charge is 0.465 e. The van der Waals surface area contributed by atoms with Gasteiger partial charge in [0.1, 0.15) is 0 Å². The van der Waals surface area contributed by atoms with Crippen molar-refractivity contribution in [3.05, 3.63) is 63.7 Å². The van der Waals surface area contributed by atoms with Crippen molar-refractivity contribution in [3.8, 4) is 0 Å². The van der Waals surface area contributed by atoms with Crippen LogP contribution in [0.5, 0.6) is 0 Å². The zero-order chi connectivity index (χ0) is 21.7. The number of carbonyl (C=O) groups is 2. The third-order valence-electron chi connectivity index (χ3n) is 5.15. The van der Waals surface area contributed by atoms with Crippen LogP contribution in [-0.4, -0.2) is 61.5 Å².